The van der Waals surface area contributed by atoms with Gasteiger partial charge in [0.05, 0.1) is 6.54 Å². The van der Waals surface area contributed by atoms with Crippen LogP contribution in [0.25, 0.3) is 0 Å². The van der Waals surface area contributed by atoms with Crippen molar-refractivity contribution in [2.75, 3.05) is 5.32 Å². The monoisotopic (exact) mass is 219 g/mol. The number of aromatic nitrogens is 2. The van der Waals surface area contributed by atoms with Crippen molar-refractivity contribution >= 4 is 17.0 Å². The van der Waals surface area contributed by atoms with Crippen LogP contribution in [0.2, 0.25) is 0 Å². The summed E-state index contributed by atoms with van der Waals surface area (Å²) in [4.78, 5) is 8.45. The second kappa shape index (κ2) is 4.40. The van der Waals surface area contributed by atoms with Gasteiger partial charge in [0.15, 0.2) is 0 Å². The number of thiazole rings is 1. The van der Waals surface area contributed by atoms with Crippen molar-refractivity contribution in [3.05, 3.63) is 40.1 Å². The number of nitrogens with zero attached hydrogens (tertiary/aromatic N) is 2. The van der Waals surface area contributed by atoms with Gasteiger partial charge >= 0.3 is 0 Å². The number of rotatable bonds is 3. The van der Waals surface area contributed by atoms with Crippen molar-refractivity contribution in [2.45, 2.75) is 20.4 Å². The predicted octanol–water partition coefficient (Wildman–Crippen LogP) is 2.77. The first-order valence-electron chi connectivity index (χ1n) is 4.81. The van der Waals surface area contributed by atoms with E-state index in [1.165, 1.54) is 0 Å². The maximum absolute atomic E-state index is 4.40. The fourth-order valence-corrected chi connectivity index (χ4v) is 2.04. The first-order chi connectivity index (χ1) is 7.25. The zero-order valence-corrected chi connectivity index (χ0v) is 9.64. The smallest absolute Gasteiger partial charge is 0.112 e. The second-order valence-corrected chi connectivity index (χ2v) is 4.37. The van der Waals surface area contributed by atoms with Gasteiger partial charge in [-0.05, 0) is 25.5 Å². The largest absolute Gasteiger partial charge is 0.378 e. The zero-order chi connectivity index (χ0) is 10.7. The molecular weight excluding hydrogens is 206 g/mol. The van der Waals surface area contributed by atoms with E-state index in [9.17, 15) is 0 Å². The molecule has 0 radical (unpaired) electrons. The summed E-state index contributed by atoms with van der Waals surface area (Å²) in [5, 5.41) is 6.53. The van der Waals surface area contributed by atoms with Crippen LogP contribution in [0.5, 0.6) is 0 Å². The molecule has 0 atom stereocenters. The third kappa shape index (κ3) is 2.53. The van der Waals surface area contributed by atoms with Gasteiger partial charge in [-0.2, -0.15) is 0 Å². The molecule has 0 unspecified atom stereocenters. The molecule has 1 N–H and O–H groups in total. The number of anilines is 1. The molecule has 2 aromatic heterocycles. The van der Waals surface area contributed by atoms with E-state index in [0.29, 0.717) is 0 Å². The molecule has 0 aliphatic rings. The summed E-state index contributed by atoms with van der Waals surface area (Å²) in [6.45, 7) is 4.84. The molecule has 78 valence electrons. The fraction of sp³-hybridized carbons (Fsp3) is 0.273. The number of hydrogen-bond acceptors (Lipinski definition) is 4. The van der Waals surface area contributed by atoms with Gasteiger partial charge in [-0.15, -0.1) is 11.3 Å². The van der Waals surface area contributed by atoms with E-state index in [-0.39, 0.29) is 0 Å². The Bertz CT molecular complexity index is 451. The minimum Gasteiger partial charge on any atom is -0.378 e. The van der Waals surface area contributed by atoms with Crippen LogP contribution in [0, 0.1) is 13.8 Å². The Balaban J connectivity index is 2.02. The molecule has 2 aromatic rings. The molecule has 2 heterocycles. The van der Waals surface area contributed by atoms with Gasteiger partial charge in [0, 0.05) is 29.2 Å². The maximum Gasteiger partial charge on any atom is 0.112 e. The van der Waals surface area contributed by atoms with Crippen LogP contribution in [0.1, 0.15) is 16.3 Å². The molecule has 0 aromatic carbocycles. The standard InChI is InChI=1S/C11H13N3S/c1-8-5-12-4-3-10(8)13-6-11-14-9(2)7-15-11/h3-5,7H,6H2,1-2H3,(H,12,13). The molecule has 0 saturated carbocycles. The Kier molecular flexibility index (Phi) is 2.97. The van der Waals surface area contributed by atoms with Crippen LogP contribution >= 0.6 is 11.3 Å². The molecule has 0 saturated heterocycles. The third-order valence-corrected chi connectivity index (χ3v) is 3.08. The number of aryl methyl sites for hydroxylation is 2. The lowest BCUT2D eigenvalue weighted by atomic mass is 10.2. The van der Waals surface area contributed by atoms with E-state index < -0.39 is 0 Å². The summed E-state index contributed by atoms with van der Waals surface area (Å²) in [5.41, 5.74) is 3.37. The van der Waals surface area contributed by atoms with E-state index in [1.54, 1.807) is 17.5 Å². The normalized spacial score (nSPS) is 10.3. The fourth-order valence-electron chi connectivity index (χ4n) is 1.33. The van der Waals surface area contributed by atoms with E-state index in [0.717, 1.165) is 28.5 Å². The highest BCUT2D eigenvalue weighted by Crippen LogP contribution is 2.15. The molecule has 15 heavy (non-hydrogen) atoms. The van der Waals surface area contributed by atoms with Gasteiger partial charge in [0.2, 0.25) is 0 Å². The highest BCUT2D eigenvalue weighted by Gasteiger charge is 2.00. The molecule has 0 aliphatic carbocycles. The highest BCUT2D eigenvalue weighted by molar-refractivity contribution is 7.09. The van der Waals surface area contributed by atoms with Gasteiger partial charge in [-0.1, -0.05) is 0 Å². The van der Waals surface area contributed by atoms with E-state index >= 15 is 0 Å². The first-order valence-corrected chi connectivity index (χ1v) is 5.69. The van der Waals surface area contributed by atoms with Crippen LogP contribution < -0.4 is 5.32 Å². The van der Waals surface area contributed by atoms with Crippen LogP contribution in [0.3, 0.4) is 0 Å². The molecule has 4 heteroatoms. The number of nitrogens with one attached hydrogen (secondary N) is 1. The SMILES string of the molecule is Cc1csc(CNc2ccncc2C)n1. The van der Waals surface area contributed by atoms with Gasteiger partial charge in [-0.3, -0.25) is 4.98 Å². The van der Waals surface area contributed by atoms with Crippen molar-refractivity contribution < 1.29 is 0 Å². The van der Waals surface area contributed by atoms with Gasteiger partial charge in [0.25, 0.3) is 0 Å². The Morgan fingerprint density at radius 2 is 2.27 bits per heavy atom. The Labute approximate surface area is 93.2 Å². The number of hydrogen-bond donors (Lipinski definition) is 1. The summed E-state index contributed by atoms with van der Waals surface area (Å²) in [6.07, 6.45) is 3.65. The lowest BCUT2D eigenvalue weighted by Crippen LogP contribution is -2.00. The zero-order valence-electron chi connectivity index (χ0n) is 8.82. The molecular formula is C11H13N3S. The average Bonchev–Trinajstić information content (AvgIpc) is 2.63. The topological polar surface area (TPSA) is 37.8 Å². The number of pyridine rings is 1. The van der Waals surface area contributed by atoms with Crippen molar-refractivity contribution in [1.29, 1.82) is 0 Å². The van der Waals surface area contributed by atoms with Crippen molar-refractivity contribution in [2.24, 2.45) is 0 Å². The maximum atomic E-state index is 4.40. The highest BCUT2D eigenvalue weighted by atomic mass is 32.1. The molecule has 0 spiro atoms. The molecule has 2 rings (SSSR count). The minimum atomic E-state index is 0.781. The molecule has 0 bridgehead atoms. The van der Waals surface area contributed by atoms with Crippen molar-refractivity contribution in [3.8, 4) is 0 Å². The second-order valence-electron chi connectivity index (χ2n) is 3.43. The van der Waals surface area contributed by atoms with Gasteiger partial charge in [-0.25, -0.2) is 4.98 Å². The Hall–Kier alpha value is -1.42. The molecule has 0 aliphatic heterocycles. The van der Waals surface area contributed by atoms with Crippen molar-refractivity contribution in [1.82, 2.24) is 9.97 Å². The molecule has 3 nitrogen and oxygen atoms in total. The van der Waals surface area contributed by atoms with Gasteiger partial charge in [0.1, 0.15) is 5.01 Å². The van der Waals surface area contributed by atoms with E-state index in [1.807, 2.05) is 26.1 Å². The summed E-state index contributed by atoms with van der Waals surface area (Å²) in [5.74, 6) is 0. The average molecular weight is 219 g/mol. The van der Waals surface area contributed by atoms with Crippen LogP contribution in [0.4, 0.5) is 5.69 Å². The van der Waals surface area contributed by atoms with Crippen LogP contribution in [-0.2, 0) is 6.54 Å². The van der Waals surface area contributed by atoms with E-state index in [4.69, 9.17) is 0 Å². The van der Waals surface area contributed by atoms with Crippen LogP contribution in [-0.4, -0.2) is 9.97 Å². The predicted molar refractivity (Wildman–Crippen MR) is 63.2 cm³/mol. The minimum absolute atomic E-state index is 0.781. The van der Waals surface area contributed by atoms with Crippen molar-refractivity contribution in [3.63, 3.8) is 0 Å². The lowest BCUT2D eigenvalue weighted by Gasteiger charge is -2.06. The van der Waals surface area contributed by atoms with Gasteiger partial charge < -0.3 is 5.32 Å². The Morgan fingerprint density at radius 3 is 2.93 bits per heavy atom. The summed E-state index contributed by atoms with van der Waals surface area (Å²) >= 11 is 1.69. The summed E-state index contributed by atoms with van der Waals surface area (Å²) in [6, 6.07) is 1.98. The lowest BCUT2D eigenvalue weighted by molar-refractivity contribution is 1.07. The summed E-state index contributed by atoms with van der Waals surface area (Å²) < 4.78 is 0. The Morgan fingerprint density at radius 1 is 1.40 bits per heavy atom. The van der Waals surface area contributed by atoms with Crippen LogP contribution in [0.15, 0.2) is 23.8 Å². The van der Waals surface area contributed by atoms with E-state index in [2.05, 4.69) is 20.7 Å². The third-order valence-electron chi connectivity index (χ3n) is 2.12. The quantitative estimate of drug-likeness (QED) is 0.862. The molecule has 0 amide bonds. The molecule has 0 fully saturated rings. The summed E-state index contributed by atoms with van der Waals surface area (Å²) in [7, 11) is 0. The first kappa shape index (κ1) is 10.1.